The molecule has 0 bridgehead atoms. The van der Waals surface area contributed by atoms with Crippen LogP contribution in [0.2, 0.25) is 0 Å². The van der Waals surface area contributed by atoms with Crippen LogP contribution < -0.4 is 0 Å². The number of benzene rings is 2. The highest BCUT2D eigenvalue weighted by Crippen LogP contribution is 2.32. The molecule has 0 heterocycles. The van der Waals surface area contributed by atoms with E-state index in [0.29, 0.717) is 0 Å². The Kier molecular flexibility index (Phi) is 4.55. The molecule has 0 fully saturated rings. The minimum atomic E-state index is -0.374. The van der Waals surface area contributed by atoms with Gasteiger partial charge in [0.05, 0.1) is 4.92 Å². The average molecular weight is 334 g/mol. The zero-order valence-electron chi connectivity index (χ0n) is 11.5. The maximum Gasteiger partial charge on any atom is 0.269 e. The molecule has 2 aromatic carbocycles. The lowest BCUT2D eigenvalue weighted by molar-refractivity contribution is -0.384. The summed E-state index contributed by atoms with van der Waals surface area (Å²) in [5.41, 5.74) is 5.03. The van der Waals surface area contributed by atoms with Gasteiger partial charge in [-0.15, -0.1) is 0 Å². The van der Waals surface area contributed by atoms with E-state index in [1.54, 1.807) is 12.1 Å². The first-order valence-electron chi connectivity index (χ1n) is 6.42. The topological polar surface area (TPSA) is 43.1 Å². The van der Waals surface area contributed by atoms with E-state index in [4.69, 9.17) is 0 Å². The maximum atomic E-state index is 10.6. The van der Waals surface area contributed by atoms with E-state index in [9.17, 15) is 10.1 Å². The lowest BCUT2D eigenvalue weighted by Gasteiger charge is -2.16. The molecule has 20 heavy (non-hydrogen) atoms. The number of halogens is 1. The fourth-order valence-corrected chi connectivity index (χ4v) is 3.48. The van der Waals surface area contributed by atoms with E-state index in [-0.39, 0.29) is 15.4 Å². The van der Waals surface area contributed by atoms with Gasteiger partial charge in [-0.2, -0.15) is 0 Å². The van der Waals surface area contributed by atoms with E-state index >= 15 is 0 Å². The third kappa shape index (κ3) is 3.25. The number of hydrogen-bond acceptors (Lipinski definition) is 2. The van der Waals surface area contributed by atoms with Crippen LogP contribution in [0.1, 0.15) is 27.1 Å². The largest absolute Gasteiger partial charge is 0.269 e. The van der Waals surface area contributed by atoms with Gasteiger partial charge in [0.15, 0.2) is 0 Å². The maximum absolute atomic E-state index is 10.6. The van der Waals surface area contributed by atoms with E-state index < -0.39 is 0 Å². The molecule has 0 aliphatic rings. The van der Waals surface area contributed by atoms with Crippen LogP contribution in [0.4, 0.5) is 5.69 Å². The van der Waals surface area contributed by atoms with Crippen LogP contribution in [-0.2, 0) is 6.42 Å². The van der Waals surface area contributed by atoms with Crippen molar-refractivity contribution in [1.29, 1.82) is 0 Å². The van der Waals surface area contributed by atoms with Gasteiger partial charge in [0.2, 0.25) is 0 Å². The van der Waals surface area contributed by atoms with Crippen LogP contribution in [0.15, 0.2) is 42.5 Å². The third-order valence-corrected chi connectivity index (χ3v) is 4.20. The summed E-state index contributed by atoms with van der Waals surface area (Å²) < 4.78 is 0. The molecule has 1 atom stereocenters. The number of hydrogen-bond donors (Lipinski definition) is 0. The number of rotatable bonds is 4. The fraction of sp³-hybridized carbons (Fsp3) is 0.250. The molecule has 3 nitrogen and oxygen atoms in total. The third-order valence-electron chi connectivity index (χ3n) is 3.42. The molecular formula is C16H16BrNO2. The minimum absolute atomic E-state index is 0.131. The van der Waals surface area contributed by atoms with Gasteiger partial charge >= 0.3 is 0 Å². The Bertz CT molecular complexity index is 603. The molecule has 0 aromatic heterocycles. The van der Waals surface area contributed by atoms with Crippen molar-refractivity contribution in [2.24, 2.45) is 0 Å². The molecule has 2 aromatic rings. The summed E-state index contributed by atoms with van der Waals surface area (Å²) in [6.07, 6.45) is 0.809. The molecule has 0 aliphatic carbocycles. The van der Waals surface area contributed by atoms with Crippen molar-refractivity contribution in [3.8, 4) is 0 Å². The van der Waals surface area contributed by atoms with Gasteiger partial charge in [-0.05, 0) is 42.5 Å². The van der Waals surface area contributed by atoms with Gasteiger partial charge in [-0.1, -0.05) is 46.3 Å². The van der Waals surface area contributed by atoms with Crippen molar-refractivity contribution in [3.05, 3.63) is 74.8 Å². The predicted octanol–water partition coefficient (Wildman–Crippen LogP) is 4.89. The van der Waals surface area contributed by atoms with Crippen LogP contribution in [0, 0.1) is 24.0 Å². The van der Waals surface area contributed by atoms with Crippen LogP contribution >= 0.6 is 15.9 Å². The van der Waals surface area contributed by atoms with Crippen LogP contribution in [0.25, 0.3) is 0 Å². The predicted molar refractivity (Wildman–Crippen MR) is 84.4 cm³/mol. The van der Waals surface area contributed by atoms with Crippen molar-refractivity contribution in [2.45, 2.75) is 25.1 Å². The van der Waals surface area contributed by atoms with Gasteiger partial charge in [0.1, 0.15) is 0 Å². The van der Waals surface area contributed by atoms with E-state index in [2.05, 4.69) is 48.0 Å². The molecule has 0 radical (unpaired) electrons. The molecule has 2 rings (SSSR count). The highest BCUT2D eigenvalue weighted by atomic mass is 79.9. The van der Waals surface area contributed by atoms with Crippen LogP contribution in [0.3, 0.4) is 0 Å². The van der Waals surface area contributed by atoms with E-state index in [1.807, 2.05) is 12.1 Å². The monoisotopic (exact) mass is 333 g/mol. The molecule has 0 aliphatic heterocycles. The molecular weight excluding hydrogens is 318 g/mol. The van der Waals surface area contributed by atoms with Gasteiger partial charge in [-0.25, -0.2) is 0 Å². The second-order valence-electron chi connectivity index (χ2n) is 4.90. The molecule has 4 heteroatoms. The van der Waals surface area contributed by atoms with Crippen molar-refractivity contribution < 1.29 is 4.92 Å². The number of nitrogens with zero attached hydrogens (tertiary/aromatic N) is 1. The molecule has 104 valence electrons. The Morgan fingerprint density at radius 3 is 2.15 bits per heavy atom. The van der Waals surface area contributed by atoms with E-state index in [0.717, 1.165) is 12.0 Å². The van der Waals surface area contributed by atoms with E-state index in [1.165, 1.54) is 16.7 Å². The number of alkyl halides is 1. The SMILES string of the molecule is Cc1cccc(C)c1C(Br)Cc1ccc([N+](=O)[O-])cc1. The van der Waals surface area contributed by atoms with Gasteiger partial charge in [0, 0.05) is 17.0 Å². The summed E-state index contributed by atoms with van der Waals surface area (Å²) in [5.74, 6) is 0. The average Bonchev–Trinajstić information content (AvgIpc) is 2.39. The molecule has 0 spiro atoms. The first-order valence-corrected chi connectivity index (χ1v) is 7.34. The van der Waals surface area contributed by atoms with Crippen molar-refractivity contribution in [1.82, 2.24) is 0 Å². The lowest BCUT2D eigenvalue weighted by atomic mass is 9.96. The number of nitro groups is 1. The first-order chi connectivity index (χ1) is 9.49. The second kappa shape index (κ2) is 6.18. The smallest absolute Gasteiger partial charge is 0.258 e. The summed E-state index contributed by atoms with van der Waals surface area (Å²) >= 11 is 3.74. The highest BCUT2D eigenvalue weighted by Gasteiger charge is 2.14. The summed E-state index contributed by atoms with van der Waals surface area (Å²) in [5, 5.41) is 10.6. The Morgan fingerprint density at radius 1 is 1.10 bits per heavy atom. The molecule has 0 N–H and O–H groups in total. The second-order valence-corrected chi connectivity index (χ2v) is 6.01. The summed E-state index contributed by atoms with van der Waals surface area (Å²) in [6.45, 7) is 4.21. The lowest BCUT2D eigenvalue weighted by Crippen LogP contribution is -2.01. The highest BCUT2D eigenvalue weighted by molar-refractivity contribution is 9.09. The van der Waals surface area contributed by atoms with Crippen LogP contribution in [0.5, 0.6) is 0 Å². The zero-order chi connectivity index (χ0) is 14.7. The van der Waals surface area contributed by atoms with Gasteiger partial charge < -0.3 is 0 Å². The molecule has 0 saturated carbocycles. The number of non-ortho nitro benzene ring substituents is 1. The van der Waals surface area contributed by atoms with Crippen molar-refractivity contribution >= 4 is 21.6 Å². The first kappa shape index (κ1) is 14.7. The number of nitro benzene ring substituents is 1. The van der Waals surface area contributed by atoms with Crippen molar-refractivity contribution in [3.63, 3.8) is 0 Å². The Labute approximate surface area is 126 Å². The number of aryl methyl sites for hydroxylation is 2. The minimum Gasteiger partial charge on any atom is -0.258 e. The summed E-state index contributed by atoms with van der Waals surface area (Å²) in [6, 6.07) is 13.0. The fourth-order valence-electron chi connectivity index (χ4n) is 2.38. The Hall–Kier alpha value is -1.68. The van der Waals surface area contributed by atoms with Gasteiger partial charge in [0.25, 0.3) is 5.69 Å². The Morgan fingerprint density at radius 2 is 1.65 bits per heavy atom. The standard InChI is InChI=1S/C16H16BrNO2/c1-11-4-3-5-12(2)16(11)15(17)10-13-6-8-14(9-7-13)18(19)20/h3-9,15H,10H2,1-2H3. The van der Waals surface area contributed by atoms with Crippen molar-refractivity contribution in [2.75, 3.05) is 0 Å². The summed E-state index contributed by atoms with van der Waals surface area (Å²) in [4.78, 5) is 10.5. The van der Waals surface area contributed by atoms with Crippen LogP contribution in [-0.4, -0.2) is 4.92 Å². The zero-order valence-corrected chi connectivity index (χ0v) is 13.1. The summed E-state index contributed by atoms with van der Waals surface area (Å²) in [7, 11) is 0. The Balaban J connectivity index is 2.19. The molecule has 1 unspecified atom stereocenters. The molecule has 0 saturated heterocycles. The quantitative estimate of drug-likeness (QED) is 0.454. The molecule has 0 amide bonds. The van der Waals surface area contributed by atoms with Gasteiger partial charge in [-0.3, -0.25) is 10.1 Å². The normalized spacial score (nSPS) is 12.2.